The van der Waals surface area contributed by atoms with Crippen LogP contribution in [0.3, 0.4) is 0 Å². The lowest BCUT2D eigenvalue weighted by molar-refractivity contribution is -0.151. The molecule has 0 saturated carbocycles. The quantitative estimate of drug-likeness (QED) is 0.588. The van der Waals surface area contributed by atoms with Gasteiger partial charge in [0, 0.05) is 32.0 Å². The number of anilines is 1. The molecule has 0 aliphatic carbocycles. The number of ketones is 1. The Bertz CT molecular complexity index is 472. The van der Waals surface area contributed by atoms with Crippen LogP contribution in [0, 0.1) is 0 Å². The molecule has 5 nitrogen and oxygen atoms in total. The maximum atomic E-state index is 11.9. The molecule has 0 bridgehead atoms. The summed E-state index contributed by atoms with van der Waals surface area (Å²) in [5, 5.41) is 3.85. The highest BCUT2D eigenvalue weighted by Gasteiger charge is 2.15. The second-order valence-corrected chi connectivity index (χ2v) is 4.62. The van der Waals surface area contributed by atoms with Crippen molar-refractivity contribution in [1.29, 1.82) is 0 Å². The third kappa shape index (κ3) is 4.88. The van der Waals surface area contributed by atoms with E-state index < -0.39 is 6.29 Å². The topological polar surface area (TPSA) is 56.8 Å². The number of hydrogen-bond acceptors (Lipinski definition) is 6. The number of carbonyl (C=O) groups is 1. The van der Waals surface area contributed by atoms with Gasteiger partial charge in [0.15, 0.2) is 0 Å². The third-order valence-corrected chi connectivity index (χ3v) is 3.15. The van der Waals surface area contributed by atoms with Crippen LogP contribution in [0.15, 0.2) is 35.4 Å². The summed E-state index contributed by atoms with van der Waals surface area (Å²) in [6.45, 7) is 0. The van der Waals surface area contributed by atoms with Gasteiger partial charge in [0.05, 0.1) is 12.1 Å². The number of ether oxygens (including phenoxy) is 3. The Hall–Kier alpha value is -1.50. The number of carbonyl (C=O) groups excluding carboxylic acids is 1. The fourth-order valence-corrected chi connectivity index (χ4v) is 1.97. The van der Waals surface area contributed by atoms with Crippen molar-refractivity contribution < 1.29 is 19.0 Å². The maximum absolute atomic E-state index is 11.9. The zero-order valence-electron chi connectivity index (χ0n) is 12.0. The fourth-order valence-electron chi connectivity index (χ4n) is 1.51. The highest BCUT2D eigenvalue weighted by atomic mass is 32.2. The Kier molecular flexibility index (Phi) is 7.14. The first kappa shape index (κ1) is 16.6. The lowest BCUT2D eigenvalue weighted by Gasteiger charge is -2.12. The van der Waals surface area contributed by atoms with Crippen molar-refractivity contribution in [2.75, 3.05) is 32.9 Å². The van der Waals surface area contributed by atoms with Crippen molar-refractivity contribution in [3.8, 4) is 5.75 Å². The molecular formula is C14H19NO4S. The van der Waals surface area contributed by atoms with Gasteiger partial charge >= 0.3 is 0 Å². The minimum absolute atomic E-state index is 0.255. The van der Waals surface area contributed by atoms with Gasteiger partial charge in [-0.2, -0.15) is 0 Å². The van der Waals surface area contributed by atoms with E-state index in [0.29, 0.717) is 5.03 Å². The number of rotatable bonds is 8. The molecule has 110 valence electrons. The monoisotopic (exact) mass is 297 g/mol. The van der Waals surface area contributed by atoms with E-state index in [-0.39, 0.29) is 5.78 Å². The molecule has 20 heavy (non-hydrogen) atoms. The van der Waals surface area contributed by atoms with E-state index in [1.807, 2.05) is 30.5 Å². The molecule has 0 aromatic heterocycles. The number of hydrogen-bond donors (Lipinski definition) is 1. The van der Waals surface area contributed by atoms with E-state index in [2.05, 4.69) is 5.32 Å². The summed E-state index contributed by atoms with van der Waals surface area (Å²) in [7, 11) is 4.46. The molecule has 0 radical (unpaired) electrons. The van der Waals surface area contributed by atoms with Gasteiger partial charge in [-0.1, -0.05) is 6.07 Å². The molecule has 0 saturated heterocycles. The summed E-state index contributed by atoms with van der Waals surface area (Å²) in [5.41, 5.74) is 0.837. The van der Waals surface area contributed by atoms with Crippen LogP contribution in [0.2, 0.25) is 0 Å². The van der Waals surface area contributed by atoms with Gasteiger partial charge in [0.25, 0.3) is 0 Å². The molecule has 6 heteroatoms. The summed E-state index contributed by atoms with van der Waals surface area (Å²) in [6.07, 6.45) is 2.45. The molecule has 1 N–H and O–H groups in total. The smallest absolute Gasteiger partial charge is 0.221 e. The van der Waals surface area contributed by atoms with E-state index in [1.165, 1.54) is 32.1 Å². The van der Waals surface area contributed by atoms with Crippen molar-refractivity contribution >= 4 is 23.2 Å². The van der Waals surface area contributed by atoms with E-state index >= 15 is 0 Å². The summed E-state index contributed by atoms with van der Waals surface area (Å²) >= 11 is 1.42. The van der Waals surface area contributed by atoms with Crippen LogP contribution in [-0.2, 0) is 14.3 Å². The van der Waals surface area contributed by atoms with Gasteiger partial charge in [-0.3, -0.25) is 4.79 Å². The van der Waals surface area contributed by atoms with E-state index in [1.54, 1.807) is 7.11 Å². The summed E-state index contributed by atoms with van der Waals surface area (Å²) < 4.78 is 15.0. The number of thioether (sulfide) groups is 1. The Balaban J connectivity index is 2.82. The molecule has 0 amide bonds. The van der Waals surface area contributed by atoms with Crippen molar-refractivity contribution in [1.82, 2.24) is 0 Å². The van der Waals surface area contributed by atoms with Crippen molar-refractivity contribution in [2.45, 2.75) is 6.29 Å². The average molecular weight is 297 g/mol. The average Bonchev–Trinajstić information content (AvgIpc) is 2.48. The van der Waals surface area contributed by atoms with Crippen molar-refractivity contribution in [2.24, 2.45) is 0 Å². The molecular weight excluding hydrogens is 278 g/mol. The van der Waals surface area contributed by atoms with Crippen LogP contribution in [0.25, 0.3) is 0 Å². The van der Waals surface area contributed by atoms with Crippen LogP contribution in [-0.4, -0.2) is 39.7 Å². The highest BCUT2D eigenvalue weighted by Crippen LogP contribution is 2.21. The number of nitrogens with one attached hydrogen (secondary N) is 1. The van der Waals surface area contributed by atoms with Gasteiger partial charge in [-0.25, -0.2) is 0 Å². The minimum atomic E-state index is -0.885. The van der Waals surface area contributed by atoms with E-state index in [9.17, 15) is 4.79 Å². The molecule has 0 fully saturated rings. The number of methoxy groups -OCH3 is 3. The first-order valence-electron chi connectivity index (χ1n) is 5.90. The molecule has 1 aromatic rings. The normalized spacial score (nSPS) is 11.6. The van der Waals surface area contributed by atoms with Gasteiger partial charge in [-0.05, 0) is 18.4 Å². The SMILES string of the molecule is COc1cccc(N/C(=C/C(=O)C(OC)OC)SC)c1. The molecule has 0 aliphatic rings. The van der Waals surface area contributed by atoms with Gasteiger partial charge in [0.2, 0.25) is 12.1 Å². The van der Waals surface area contributed by atoms with Crippen LogP contribution < -0.4 is 10.1 Å². The lowest BCUT2D eigenvalue weighted by atomic mass is 10.3. The molecule has 0 spiro atoms. The molecule has 0 heterocycles. The second-order valence-electron chi connectivity index (χ2n) is 3.78. The summed E-state index contributed by atoms with van der Waals surface area (Å²) in [4.78, 5) is 11.9. The van der Waals surface area contributed by atoms with Crippen LogP contribution in [0.1, 0.15) is 0 Å². The van der Waals surface area contributed by atoms with Crippen LogP contribution >= 0.6 is 11.8 Å². The zero-order chi connectivity index (χ0) is 15.0. The summed E-state index contributed by atoms with van der Waals surface area (Å²) in [6, 6.07) is 7.46. The first-order valence-corrected chi connectivity index (χ1v) is 7.13. The Morgan fingerprint density at radius 1 is 1.30 bits per heavy atom. The highest BCUT2D eigenvalue weighted by molar-refractivity contribution is 8.02. The molecule has 1 aromatic carbocycles. The number of benzene rings is 1. The van der Waals surface area contributed by atoms with Gasteiger partial charge in [0.1, 0.15) is 5.75 Å². The molecule has 0 atom stereocenters. The lowest BCUT2D eigenvalue weighted by Crippen LogP contribution is -2.23. The van der Waals surface area contributed by atoms with E-state index in [4.69, 9.17) is 14.2 Å². The molecule has 0 unspecified atom stereocenters. The summed E-state index contributed by atoms with van der Waals surface area (Å²) in [5.74, 6) is 0.489. The largest absolute Gasteiger partial charge is 0.497 e. The second kappa shape index (κ2) is 8.63. The first-order chi connectivity index (χ1) is 9.64. The minimum Gasteiger partial charge on any atom is -0.497 e. The zero-order valence-corrected chi connectivity index (χ0v) is 12.8. The Labute approximate surface area is 123 Å². The van der Waals surface area contributed by atoms with Crippen LogP contribution in [0.4, 0.5) is 5.69 Å². The molecule has 0 aliphatic heterocycles. The van der Waals surface area contributed by atoms with E-state index in [0.717, 1.165) is 11.4 Å². The van der Waals surface area contributed by atoms with Crippen LogP contribution in [0.5, 0.6) is 5.75 Å². The Morgan fingerprint density at radius 3 is 2.55 bits per heavy atom. The molecule has 1 rings (SSSR count). The predicted octanol–water partition coefficient (Wildman–Crippen LogP) is 2.50. The van der Waals surface area contributed by atoms with Crippen molar-refractivity contribution in [3.63, 3.8) is 0 Å². The Morgan fingerprint density at radius 2 is 2.00 bits per heavy atom. The third-order valence-electron chi connectivity index (χ3n) is 2.49. The fraction of sp³-hybridized carbons (Fsp3) is 0.357. The van der Waals surface area contributed by atoms with Crippen molar-refractivity contribution in [3.05, 3.63) is 35.4 Å². The van der Waals surface area contributed by atoms with Gasteiger partial charge in [-0.15, -0.1) is 11.8 Å². The van der Waals surface area contributed by atoms with Gasteiger partial charge < -0.3 is 19.5 Å². The standard InChI is InChI=1S/C14H19NO4S/c1-17-11-7-5-6-10(8-11)15-13(20-4)9-12(16)14(18-2)19-3/h5-9,14-15H,1-4H3/b13-9-. The predicted molar refractivity (Wildman–Crippen MR) is 81.0 cm³/mol. The maximum Gasteiger partial charge on any atom is 0.221 e.